The number of hydrogen-bond acceptors (Lipinski definition) is 3. The van der Waals surface area contributed by atoms with Crippen molar-refractivity contribution in [2.75, 3.05) is 26.7 Å². The largest absolute Gasteiger partial charge is 0.395 e. The maximum atomic E-state index is 11.4. The smallest absolute Gasteiger partial charge is 0.223 e. The number of nitrogens with one attached hydrogen (secondary N) is 1. The van der Waals surface area contributed by atoms with Crippen LogP contribution in [0.2, 0.25) is 0 Å². The number of aliphatic hydroxyl groups excluding tert-OH is 1. The lowest BCUT2D eigenvalue weighted by Gasteiger charge is -2.21. The van der Waals surface area contributed by atoms with E-state index in [1.165, 1.54) is 0 Å². The van der Waals surface area contributed by atoms with Gasteiger partial charge in [-0.1, -0.05) is 0 Å². The summed E-state index contributed by atoms with van der Waals surface area (Å²) >= 11 is 0. The molecule has 0 aromatic rings. The van der Waals surface area contributed by atoms with Crippen LogP contribution in [0.4, 0.5) is 0 Å². The van der Waals surface area contributed by atoms with Crippen molar-refractivity contribution in [3.05, 3.63) is 0 Å². The van der Waals surface area contributed by atoms with Crippen molar-refractivity contribution >= 4 is 5.91 Å². The number of carbonyl (C=O) groups is 1. The van der Waals surface area contributed by atoms with E-state index in [2.05, 4.69) is 26.1 Å². The molecule has 0 rings (SSSR count). The van der Waals surface area contributed by atoms with Gasteiger partial charge in [0.15, 0.2) is 0 Å². The van der Waals surface area contributed by atoms with Crippen molar-refractivity contribution in [2.45, 2.75) is 32.7 Å². The Morgan fingerprint density at radius 3 is 2.43 bits per heavy atom. The Balaban J connectivity index is 3.64. The molecule has 0 heterocycles. The molecular formula is C10H22N2O2. The molecule has 2 N–H and O–H groups in total. The summed E-state index contributed by atoms with van der Waals surface area (Å²) in [6.45, 7) is 7.31. The number of likely N-dealkylation sites (N-methyl/N-ethyl adjacent to an activating group) is 1. The van der Waals surface area contributed by atoms with Gasteiger partial charge >= 0.3 is 0 Å². The third-order valence-electron chi connectivity index (χ3n) is 1.86. The fourth-order valence-electron chi connectivity index (χ4n) is 1.01. The first-order chi connectivity index (χ1) is 6.37. The predicted octanol–water partition coefficient (Wildman–Crippen LogP) is 0.215. The third-order valence-corrected chi connectivity index (χ3v) is 1.86. The highest BCUT2D eigenvalue weighted by atomic mass is 16.3. The highest BCUT2D eigenvalue weighted by molar-refractivity contribution is 5.76. The van der Waals surface area contributed by atoms with Crippen LogP contribution in [0.15, 0.2) is 0 Å². The van der Waals surface area contributed by atoms with Crippen molar-refractivity contribution in [3.8, 4) is 0 Å². The molecular weight excluding hydrogens is 180 g/mol. The molecule has 0 saturated carbocycles. The van der Waals surface area contributed by atoms with Gasteiger partial charge in [-0.05, 0) is 20.8 Å². The molecule has 0 saturated heterocycles. The van der Waals surface area contributed by atoms with E-state index < -0.39 is 0 Å². The second-order valence-corrected chi connectivity index (χ2v) is 4.47. The second-order valence-electron chi connectivity index (χ2n) is 4.47. The first kappa shape index (κ1) is 13.4. The lowest BCUT2D eigenvalue weighted by Crippen LogP contribution is -2.39. The Hall–Kier alpha value is -0.610. The predicted molar refractivity (Wildman–Crippen MR) is 57.1 cm³/mol. The molecule has 0 aliphatic carbocycles. The van der Waals surface area contributed by atoms with Gasteiger partial charge in [-0.15, -0.1) is 0 Å². The molecule has 14 heavy (non-hydrogen) atoms. The van der Waals surface area contributed by atoms with E-state index >= 15 is 0 Å². The lowest BCUT2D eigenvalue weighted by atomic mass is 10.1. The minimum Gasteiger partial charge on any atom is -0.395 e. The average molecular weight is 202 g/mol. The van der Waals surface area contributed by atoms with Crippen LogP contribution in [0, 0.1) is 0 Å². The van der Waals surface area contributed by atoms with Crippen molar-refractivity contribution < 1.29 is 9.90 Å². The lowest BCUT2D eigenvalue weighted by molar-refractivity contribution is -0.130. The molecule has 0 aromatic carbocycles. The Morgan fingerprint density at radius 2 is 2.00 bits per heavy atom. The molecule has 0 aromatic heterocycles. The van der Waals surface area contributed by atoms with Crippen LogP contribution in [0.1, 0.15) is 27.2 Å². The molecule has 84 valence electrons. The second kappa shape index (κ2) is 5.98. The van der Waals surface area contributed by atoms with Gasteiger partial charge in [0.05, 0.1) is 6.61 Å². The molecule has 0 unspecified atom stereocenters. The molecule has 1 amide bonds. The summed E-state index contributed by atoms with van der Waals surface area (Å²) in [7, 11) is 1.70. The fourth-order valence-corrected chi connectivity index (χ4v) is 1.01. The van der Waals surface area contributed by atoms with E-state index in [9.17, 15) is 4.79 Å². The van der Waals surface area contributed by atoms with E-state index in [-0.39, 0.29) is 18.1 Å². The summed E-state index contributed by atoms with van der Waals surface area (Å²) in [4.78, 5) is 12.9. The van der Waals surface area contributed by atoms with Crippen molar-refractivity contribution in [1.82, 2.24) is 10.2 Å². The highest BCUT2D eigenvalue weighted by Crippen LogP contribution is 1.98. The van der Waals surface area contributed by atoms with Crippen LogP contribution in [0.3, 0.4) is 0 Å². The zero-order valence-corrected chi connectivity index (χ0v) is 9.63. The summed E-state index contributed by atoms with van der Waals surface area (Å²) in [6.07, 6.45) is 0.480. The number of hydrogen-bond donors (Lipinski definition) is 2. The van der Waals surface area contributed by atoms with Gasteiger partial charge in [0.1, 0.15) is 0 Å². The standard InChI is InChI=1S/C10H22N2O2/c1-10(2,3)11-6-5-9(14)12(4)7-8-13/h11,13H,5-8H2,1-4H3. The van der Waals surface area contributed by atoms with E-state index in [0.717, 1.165) is 0 Å². The number of nitrogens with zero attached hydrogens (tertiary/aromatic N) is 1. The summed E-state index contributed by atoms with van der Waals surface area (Å²) in [5.74, 6) is 0.0656. The average Bonchev–Trinajstić information content (AvgIpc) is 2.02. The van der Waals surface area contributed by atoms with Crippen LogP contribution in [0.25, 0.3) is 0 Å². The van der Waals surface area contributed by atoms with Crippen LogP contribution in [-0.4, -0.2) is 48.2 Å². The molecule has 0 fully saturated rings. The first-order valence-corrected chi connectivity index (χ1v) is 4.96. The molecule has 0 aliphatic heterocycles. The fraction of sp³-hybridized carbons (Fsp3) is 0.900. The third kappa shape index (κ3) is 6.86. The topological polar surface area (TPSA) is 52.6 Å². The van der Waals surface area contributed by atoms with E-state index in [0.29, 0.717) is 19.5 Å². The Kier molecular flexibility index (Phi) is 5.72. The van der Waals surface area contributed by atoms with E-state index in [4.69, 9.17) is 5.11 Å². The highest BCUT2D eigenvalue weighted by Gasteiger charge is 2.11. The summed E-state index contributed by atoms with van der Waals surface area (Å²) in [5.41, 5.74) is 0.0514. The quantitative estimate of drug-likeness (QED) is 0.670. The minimum absolute atomic E-state index is 0.0228. The Bertz CT molecular complexity index is 175. The number of carbonyl (C=O) groups excluding carboxylic acids is 1. The van der Waals surface area contributed by atoms with E-state index in [1.54, 1.807) is 11.9 Å². The number of rotatable bonds is 5. The van der Waals surface area contributed by atoms with Gasteiger partial charge in [0.25, 0.3) is 0 Å². The van der Waals surface area contributed by atoms with Gasteiger partial charge in [-0.3, -0.25) is 4.79 Å². The molecule has 4 nitrogen and oxygen atoms in total. The number of aliphatic hydroxyl groups is 1. The van der Waals surface area contributed by atoms with Crippen LogP contribution >= 0.6 is 0 Å². The molecule has 0 bridgehead atoms. The normalized spacial score (nSPS) is 11.5. The summed E-state index contributed by atoms with van der Waals surface area (Å²) in [5, 5.41) is 11.9. The Morgan fingerprint density at radius 1 is 1.43 bits per heavy atom. The molecule has 0 radical (unpaired) electrons. The number of amides is 1. The maximum Gasteiger partial charge on any atom is 0.223 e. The SMILES string of the molecule is CN(CCO)C(=O)CCNC(C)(C)C. The van der Waals surface area contributed by atoms with Crippen LogP contribution in [0.5, 0.6) is 0 Å². The van der Waals surface area contributed by atoms with Gasteiger partial charge in [0, 0.05) is 32.1 Å². The molecule has 0 spiro atoms. The summed E-state index contributed by atoms with van der Waals surface area (Å²) in [6, 6.07) is 0. The van der Waals surface area contributed by atoms with Crippen molar-refractivity contribution in [1.29, 1.82) is 0 Å². The maximum absolute atomic E-state index is 11.4. The van der Waals surface area contributed by atoms with Crippen molar-refractivity contribution in [2.24, 2.45) is 0 Å². The zero-order valence-electron chi connectivity index (χ0n) is 9.63. The zero-order chi connectivity index (χ0) is 11.2. The van der Waals surface area contributed by atoms with Gasteiger partial charge in [-0.25, -0.2) is 0 Å². The first-order valence-electron chi connectivity index (χ1n) is 4.96. The van der Waals surface area contributed by atoms with Crippen LogP contribution in [-0.2, 0) is 4.79 Å². The van der Waals surface area contributed by atoms with Crippen molar-refractivity contribution in [3.63, 3.8) is 0 Å². The monoisotopic (exact) mass is 202 g/mol. The van der Waals surface area contributed by atoms with Gasteiger partial charge < -0.3 is 15.3 Å². The molecule has 4 heteroatoms. The van der Waals surface area contributed by atoms with E-state index in [1.807, 2.05) is 0 Å². The molecule has 0 aliphatic rings. The van der Waals surface area contributed by atoms with Gasteiger partial charge in [0.2, 0.25) is 5.91 Å². The molecule has 0 atom stereocenters. The minimum atomic E-state index is 0.0228. The summed E-state index contributed by atoms with van der Waals surface area (Å²) < 4.78 is 0. The Labute approximate surface area is 86.3 Å². The van der Waals surface area contributed by atoms with Crippen LogP contribution < -0.4 is 5.32 Å². The van der Waals surface area contributed by atoms with Gasteiger partial charge in [-0.2, -0.15) is 0 Å².